The SMILES string of the molecule is OC(COc1cccc(C(F)(F)F)c1)Cn1cnnc1. The van der Waals surface area contributed by atoms with Crippen LogP contribution in [0.3, 0.4) is 0 Å². The van der Waals surface area contributed by atoms with Gasteiger partial charge in [-0.25, -0.2) is 0 Å². The molecule has 1 atom stereocenters. The van der Waals surface area contributed by atoms with E-state index < -0.39 is 17.8 Å². The van der Waals surface area contributed by atoms with Crippen LogP contribution in [0.1, 0.15) is 5.56 Å². The highest BCUT2D eigenvalue weighted by Gasteiger charge is 2.30. The first kappa shape index (κ1) is 14.3. The summed E-state index contributed by atoms with van der Waals surface area (Å²) in [5.74, 6) is 0.0580. The molecule has 0 radical (unpaired) electrons. The maximum absolute atomic E-state index is 12.5. The van der Waals surface area contributed by atoms with Crippen molar-refractivity contribution in [1.29, 1.82) is 0 Å². The van der Waals surface area contributed by atoms with Crippen molar-refractivity contribution in [2.75, 3.05) is 6.61 Å². The Balaban J connectivity index is 1.90. The van der Waals surface area contributed by atoms with Gasteiger partial charge in [0, 0.05) is 0 Å². The minimum Gasteiger partial charge on any atom is -0.491 e. The van der Waals surface area contributed by atoms with Crippen molar-refractivity contribution >= 4 is 0 Å². The van der Waals surface area contributed by atoms with Gasteiger partial charge in [-0.3, -0.25) is 0 Å². The summed E-state index contributed by atoms with van der Waals surface area (Å²) in [5.41, 5.74) is -0.789. The number of aliphatic hydroxyl groups is 1. The molecule has 0 spiro atoms. The lowest BCUT2D eigenvalue weighted by Gasteiger charge is -2.13. The third-order valence-electron chi connectivity index (χ3n) is 2.49. The Labute approximate surface area is 112 Å². The molecule has 1 unspecified atom stereocenters. The zero-order chi connectivity index (χ0) is 14.6. The minimum absolute atomic E-state index is 0.0580. The number of aromatic nitrogens is 3. The van der Waals surface area contributed by atoms with Crippen LogP contribution in [0.4, 0.5) is 13.2 Å². The first-order chi connectivity index (χ1) is 9.45. The molecule has 5 nitrogen and oxygen atoms in total. The highest BCUT2D eigenvalue weighted by atomic mass is 19.4. The second-order valence-corrected chi connectivity index (χ2v) is 4.15. The lowest BCUT2D eigenvalue weighted by atomic mass is 10.2. The van der Waals surface area contributed by atoms with Crippen LogP contribution in [0.25, 0.3) is 0 Å². The van der Waals surface area contributed by atoms with Crippen LogP contribution in [0, 0.1) is 0 Å². The fourth-order valence-electron chi connectivity index (χ4n) is 1.57. The zero-order valence-electron chi connectivity index (χ0n) is 10.3. The second kappa shape index (κ2) is 5.91. The van der Waals surface area contributed by atoms with Crippen LogP contribution in [-0.2, 0) is 12.7 Å². The molecule has 2 aromatic rings. The van der Waals surface area contributed by atoms with Crippen LogP contribution in [0.5, 0.6) is 5.75 Å². The first-order valence-corrected chi connectivity index (χ1v) is 5.75. The molecule has 0 aliphatic carbocycles. The van der Waals surface area contributed by atoms with E-state index in [2.05, 4.69) is 10.2 Å². The van der Waals surface area contributed by atoms with Gasteiger partial charge in [-0.2, -0.15) is 13.2 Å². The number of nitrogens with zero attached hydrogens (tertiary/aromatic N) is 3. The molecule has 20 heavy (non-hydrogen) atoms. The molecule has 0 saturated heterocycles. The Bertz CT molecular complexity index is 543. The fraction of sp³-hybridized carbons (Fsp3) is 0.333. The number of hydrogen-bond acceptors (Lipinski definition) is 4. The van der Waals surface area contributed by atoms with E-state index in [0.717, 1.165) is 12.1 Å². The molecule has 0 aliphatic heterocycles. The summed E-state index contributed by atoms with van der Waals surface area (Å²) in [6, 6.07) is 4.51. The summed E-state index contributed by atoms with van der Waals surface area (Å²) in [5, 5.41) is 16.8. The maximum Gasteiger partial charge on any atom is 0.416 e. The van der Waals surface area contributed by atoms with Crippen molar-refractivity contribution in [2.24, 2.45) is 0 Å². The molecular weight excluding hydrogens is 275 g/mol. The quantitative estimate of drug-likeness (QED) is 0.910. The van der Waals surface area contributed by atoms with Gasteiger partial charge in [-0.05, 0) is 18.2 Å². The number of ether oxygens (including phenoxy) is 1. The van der Waals surface area contributed by atoms with Gasteiger partial charge in [0.15, 0.2) is 0 Å². The number of aliphatic hydroxyl groups excluding tert-OH is 1. The minimum atomic E-state index is -4.42. The van der Waals surface area contributed by atoms with Gasteiger partial charge in [0.05, 0.1) is 12.1 Å². The van der Waals surface area contributed by atoms with Gasteiger partial charge in [-0.1, -0.05) is 6.07 Å². The number of hydrogen-bond donors (Lipinski definition) is 1. The molecule has 8 heteroatoms. The van der Waals surface area contributed by atoms with Crippen molar-refractivity contribution < 1.29 is 23.0 Å². The van der Waals surface area contributed by atoms with E-state index in [0.29, 0.717) is 0 Å². The number of rotatable bonds is 5. The van der Waals surface area contributed by atoms with E-state index in [1.54, 1.807) is 4.57 Å². The van der Waals surface area contributed by atoms with E-state index in [4.69, 9.17) is 4.74 Å². The Morgan fingerprint density at radius 1 is 1.25 bits per heavy atom. The fourth-order valence-corrected chi connectivity index (χ4v) is 1.57. The molecule has 1 N–H and O–H groups in total. The zero-order valence-corrected chi connectivity index (χ0v) is 10.3. The van der Waals surface area contributed by atoms with Gasteiger partial charge in [0.25, 0.3) is 0 Å². The van der Waals surface area contributed by atoms with E-state index in [9.17, 15) is 18.3 Å². The average Bonchev–Trinajstić information content (AvgIpc) is 2.88. The van der Waals surface area contributed by atoms with E-state index in [1.807, 2.05) is 0 Å². The van der Waals surface area contributed by atoms with Crippen molar-refractivity contribution in [3.05, 3.63) is 42.5 Å². The van der Waals surface area contributed by atoms with Crippen molar-refractivity contribution in [3.63, 3.8) is 0 Å². The Hall–Kier alpha value is -2.09. The maximum atomic E-state index is 12.5. The predicted molar refractivity (Wildman–Crippen MR) is 63.0 cm³/mol. The summed E-state index contributed by atoms with van der Waals surface area (Å²) in [4.78, 5) is 0. The number of halogens is 3. The van der Waals surface area contributed by atoms with Crippen LogP contribution >= 0.6 is 0 Å². The monoisotopic (exact) mass is 287 g/mol. The average molecular weight is 287 g/mol. The normalized spacial score (nSPS) is 13.2. The standard InChI is InChI=1S/C12H12F3N3O2/c13-12(14,15)9-2-1-3-11(4-9)20-6-10(19)5-18-7-16-17-8-18/h1-4,7-8,10,19H,5-6H2. The third kappa shape index (κ3) is 3.95. The molecule has 108 valence electrons. The van der Waals surface area contributed by atoms with Gasteiger partial charge >= 0.3 is 6.18 Å². The van der Waals surface area contributed by atoms with Crippen LogP contribution in [0.15, 0.2) is 36.9 Å². The summed E-state index contributed by atoms with van der Waals surface area (Å²) in [6.45, 7) is 0.0749. The lowest BCUT2D eigenvalue weighted by Crippen LogP contribution is -2.23. The molecule has 1 aromatic carbocycles. The highest BCUT2D eigenvalue weighted by Crippen LogP contribution is 2.31. The van der Waals surface area contributed by atoms with Gasteiger partial charge in [-0.15, -0.1) is 10.2 Å². The third-order valence-corrected chi connectivity index (χ3v) is 2.49. The second-order valence-electron chi connectivity index (χ2n) is 4.15. The van der Waals surface area contributed by atoms with Crippen LogP contribution in [0.2, 0.25) is 0 Å². The van der Waals surface area contributed by atoms with Crippen molar-refractivity contribution in [3.8, 4) is 5.75 Å². The first-order valence-electron chi connectivity index (χ1n) is 5.75. The Morgan fingerprint density at radius 3 is 2.60 bits per heavy atom. The van der Waals surface area contributed by atoms with E-state index in [1.165, 1.54) is 24.8 Å². The van der Waals surface area contributed by atoms with Crippen LogP contribution in [-0.4, -0.2) is 32.6 Å². The highest BCUT2D eigenvalue weighted by molar-refractivity contribution is 5.30. The number of alkyl halides is 3. The Kier molecular flexibility index (Phi) is 4.23. The smallest absolute Gasteiger partial charge is 0.416 e. The lowest BCUT2D eigenvalue weighted by molar-refractivity contribution is -0.137. The van der Waals surface area contributed by atoms with Crippen LogP contribution < -0.4 is 4.74 Å². The van der Waals surface area contributed by atoms with E-state index in [-0.39, 0.29) is 18.9 Å². The molecule has 0 fully saturated rings. The van der Waals surface area contributed by atoms with Crippen molar-refractivity contribution in [1.82, 2.24) is 14.8 Å². The molecule has 1 heterocycles. The topological polar surface area (TPSA) is 60.2 Å². The van der Waals surface area contributed by atoms with Crippen molar-refractivity contribution in [2.45, 2.75) is 18.8 Å². The summed E-state index contributed by atoms with van der Waals surface area (Å²) >= 11 is 0. The summed E-state index contributed by atoms with van der Waals surface area (Å²) < 4.78 is 44.2. The molecule has 1 aromatic heterocycles. The Morgan fingerprint density at radius 2 is 1.95 bits per heavy atom. The summed E-state index contributed by atoms with van der Waals surface area (Å²) in [6.07, 6.45) is -2.44. The van der Waals surface area contributed by atoms with Gasteiger partial charge in [0.1, 0.15) is 31.1 Å². The van der Waals surface area contributed by atoms with Gasteiger partial charge in [0.2, 0.25) is 0 Å². The molecule has 0 bridgehead atoms. The predicted octanol–water partition coefficient (Wildman–Crippen LogP) is 1.74. The molecule has 0 aliphatic rings. The molecule has 2 rings (SSSR count). The van der Waals surface area contributed by atoms with Gasteiger partial charge < -0.3 is 14.4 Å². The summed E-state index contributed by atoms with van der Waals surface area (Å²) in [7, 11) is 0. The molecule has 0 saturated carbocycles. The van der Waals surface area contributed by atoms with E-state index >= 15 is 0 Å². The molecule has 0 amide bonds. The largest absolute Gasteiger partial charge is 0.491 e. The molecular formula is C12H12F3N3O2. The number of benzene rings is 1.